The van der Waals surface area contributed by atoms with Gasteiger partial charge >= 0.3 is 5.97 Å². The highest BCUT2D eigenvalue weighted by Crippen LogP contribution is 2.59. The van der Waals surface area contributed by atoms with Crippen LogP contribution in [0.1, 0.15) is 30.0 Å². The summed E-state index contributed by atoms with van der Waals surface area (Å²) in [6.07, 6.45) is -4.89. The summed E-state index contributed by atoms with van der Waals surface area (Å²) in [6.45, 7) is 1.16. The molecule has 4 aliphatic rings. The number of esters is 1. The fraction of sp³-hybridized carbons (Fsp3) is 0.400. The summed E-state index contributed by atoms with van der Waals surface area (Å²) in [5, 5.41) is 26.6. The molecule has 8 atom stereocenters. The molecule has 3 aromatic rings. The number of halogens is 1. The number of hydroxylamine groups is 2. The number of carbonyl (C=O) groups is 3. The molecule has 0 spiro atoms. The third-order valence-corrected chi connectivity index (χ3v) is 10.7. The summed E-state index contributed by atoms with van der Waals surface area (Å²) in [4.78, 5) is 48.5. The van der Waals surface area contributed by atoms with Crippen molar-refractivity contribution in [2.24, 2.45) is 5.41 Å². The highest BCUT2D eigenvalue weighted by molar-refractivity contribution is 14.1. The van der Waals surface area contributed by atoms with Crippen LogP contribution in [0.25, 0.3) is 0 Å². The van der Waals surface area contributed by atoms with Gasteiger partial charge in [0.05, 0.1) is 19.3 Å². The van der Waals surface area contributed by atoms with Crippen molar-refractivity contribution < 1.29 is 43.6 Å². The summed E-state index contributed by atoms with van der Waals surface area (Å²) >= 11 is 2.21. The van der Waals surface area contributed by atoms with E-state index >= 15 is 0 Å². The van der Waals surface area contributed by atoms with Gasteiger partial charge in [0.2, 0.25) is 17.6 Å². The van der Waals surface area contributed by atoms with Crippen molar-refractivity contribution in [2.75, 3.05) is 13.2 Å². The Balaban J connectivity index is 1.33. The summed E-state index contributed by atoms with van der Waals surface area (Å²) in [7, 11) is 0. The molecule has 13 heteroatoms. The molecular formula is C35H36IN3O9. The number of aliphatic hydroxyl groups is 2. The van der Waals surface area contributed by atoms with Gasteiger partial charge in [-0.3, -0.25) is 19.2 Å². The van der Waals surface area contributed by atoms with Crippen molar-refractivity contribution in [3.05, 3.63) is 105 Å². The Labute approximate surface area is 290 Å². The predicted octanol–water partition coefficient (Wildman–Crippen LogP) is 1.75. The molecule has 2 amide bonds. The van der Waals surface area contributed by atoms with E-state index in [1.807, 2.05) is 84.9 Å². The van der Waals surface area contributed by atoms with Gasteiger partial charge in [0.25, 0.3) is 0 Å². The second-order valence-corrected chi connectivity index (χ2v) is 13.7. The number of nitrogens with zero attached hydrogens (tertiary/aromatic N) is 1. The Kier molecular flexibility index (Phi) is 9.04. The number of fused-ring (bicyclic) bond motifs is 4. The van der Waals surface area contributed by atoms with Gasteiger partial charge in [-0.25, -0.2) is 0 Å². The molecule has 4 fully saturated rings. The van der Waals surface area contributed by atoms with E-state index in [2.05, 4.69) is 33.2 Å². The minimum atomic E-state index is -1.58. The normalized spacial score (nSPS) is 29.8. The molecule has 3 aromatic carbocycles. The van der Waals surface area contributed by atoms with Gasteiger partial charge < -0.3 is 35.1 Å². The van der Waals surface area contributed by atoms with Crippen molar-refractivity contribution in [3.63, 3.8) is 0 Å². The average molecular weight is 770 g/mol. The van der Waals surface area contributed by atoms with E-state index in [9.17, 15) is 24.6 Å². The first kappa shape index (κ1) is 33.1. The first-order valence-electron chi connectivity index (χ1n) is 15.9. The maximum absolute atomic E-state index is 14.7. The quantitative estimate of drug-likeness (QED) is 0.177. The van der Waals surface area contributed by atoms with Crippen LogP contribution in [0.5, 0.6) is 0 Å². The number of hydrogen-bond donors (Lipinski definition) is 4. The second-order valence-electron chi connectivity index (χ2n) is 12.5. The van der Waals surface area contributed by atoms with Gasteiger partial charge in [0, 0.05) is 27.7 Å². The van der Waals surface area contributed by atoms with E-state index < -0.39 is 71.6 Å². The number of ether oxygens (including phenoxy) is 3. The zero-order valence-corrected chi connectivity index (χ0v) is 28.2. The van der Waals surface area contributed by atoms with Crippen molar-refractivity contribution in [3.8, 4) is 0 Å². The molecule has 3 aliphatic heterocycles. The zero-order chi connectivity index (χ0) is 33.6. The number of hydrogen-bond acceptors (Lipinski definition) is 10. The van der Waals surface area contributed by atoms with Gasteiger partial charge in [-0.15, -0.1) is 0 Å². The fourth-order valence-corrected chi connectivity index (χ4v) is 8.01. The Morgan fingerprint density at radius 3 is 2.23 bits per heavy atom. The first-order valence-corrected chi connectivity index (χ1v) is 17.0. The second kappa shape index (κ2) is 13.1. The Morgan fingerprint density at radius 1 is 0.979 bits per heavy atom. The van der Waals surface area contributed by atoms with Gasteiger partial charge in [0.1, 0.15) is 35.9 Å². The maximum atomic E-state index is 14.7. The number of nitrogens with one attached hydrogen (secondary N) is 2. The van der Waals surface area contributed by atoms with Crippen molar-refractivity contribution in [1.29, 1.82) is 0 Å². The lowest BCUT2D eigenvalue weighted by atomic mass is 9.62. The van der Waals surface area contributed by atoms with E-state index in [4.69, 9.17) is 19.0 Å². The molecule has 3 heterocycles. The third-order valence-electron chi connectivity index (χ3n) is 9.63. The first-order chi connectivity index (χ1) is 23.2. The lowest BCUT2D eigenvalue weighted by molar-refractivity contribution is -0.213. The van der Waals surface area contributed by atoms with Crippen LogP contribution < -0.4 is 10.6 Å². The lowest BCUT2D eigenvalue weighted by Gasteiger charge is -2.49. The average Bonchev–Trinajstić information content (AvgIpc) is 3.67. The largest absolute Gasteiger partial charge is 0.458 e. The van der Waals surface area contributed by atoms with E-state index in [1.54, 1.807) is 0 Å². The molecule has 2 bridgehead atoms. The van der Waals surface area contributed by atoms with Gasteiger partial charge in [-0.05, 0) is 41.1 Å². The molecule has 3 saturated heterocycles. The predicted molar refractivity (Wildman–Crippen MR) is 177 cm³/mol. The van der Waals surface area contributed by atoms with E-state index in [0.717, 1.165) is 9.13 Å². The fourth-order valence-electron chi connectivity index (χ4n) is 7.45. The molecular weight excluding hydrogens is 733 g/mol. The molecule has 7 rings (SSSR count). The number of benzene rings is 3. The van der Waals surface area contributed by atoms with Gasteiger partial charge in [-0.2, -0.15) is 5.06 Å². The number of amides is 2. The molecule has 12 nitrogen and oxygen atoms in total. The van der Waals surface area contributed by atoms with Crippen molar-refractivity contribution >= 4 is 40.4 Å². The molecule has 1 aliphatic carbocycles. The van der Waals surface area contributed by atoms with E-state index in [0.29, 0.717) is 11.1 Å². The van der Waals surface area contributed by atoms with E-state index in [1.165, 1.54) is 12.0 Å². The van der Waals surface area contributed by atoms with E-state index in [-0.39, 0.29) is 26.1 Å². The minimum absolute atomic E-state index is 0.0251. The molecule has 0 aromatic heterocycles. The van der Waals surface area contributed by atoms with Crippen LogP contribution in [0.4, 0.5) is 0 Å². The zero-order valence-electron chi connectivity index (χ0n) is 26.0. The van der Waals surface area contributed by atoms with Crippen LogP contribution in [0.15, 0.2) is 84.9 Å². The smallest absolute Gasteiger partial charge is 0.327 e. The number of aliphatic hydroxyl groups excluding tert-OH is 2. The van der Waals surface area contributed by atoms with Crippen LogP contribution in [0, 0.1) is 8.99 Å². The lowest BCUT2D eigenvalue weighted by Crippen LogP contribution is -2.71. The SMILES string of the molecule is CC(O)C(NC(=O)C12CC3OC(=O)C1N(Cc1ccccc1I)OC2C1OC(c2ccccc2)(c2ccccc2)OC31)C(=O)NCCO. The number of rotatable bonds is 10. The van der Waals surface area contributed by atoms with Crippen LogP contribution in [-0.2, 0) is 45.8 Å². The summed E-state index contributed by atoms with van der Waals surface area (Å²) in [5.74, 6) is -3.41. The highest BCUT2D eigenvalue weighted by atomic mass is 127. The van der Waals surface area contributed by atoms with Crippen LogP contribution in [0.2, 0.25) is 0 Å². The van der Waals surface area contributed by atoms with Gasteiger partial charge in [-0.1, -0.05) is 78.9 Å². The van der Waals surface area contributed by atoms with Crippen LogP contribution >= 0.6 is 22.6 Å². The highest BCUT2D eigenvalue weighted by Gasteiger charge is 2.76. The molecule has 0 radical (unpaired) electrons. The Morgan fingerprint density at radius 2 is 1.60 bits per heavy atom. The Hall–Kier alpha value is -3.44. The third kappa shape index (κ3) is 5.41. The molecule has 252 valence electrons. The Bertz CT molecular complexity index is 1640. The van der Waals surface area contributed by atoms with Crippen molar-refractivity contribution in [2.45, 2.75) is 68.3 Å². The monoisotopic (exact) mass is 769 g/mol. The summed E-state index contributed by atoms with van der Waals surface area (Å²) < 4.78 is 20.9. The molecule has 1 saturated carbocycles. The maximum Gasteiger partial charge on any atom is 0.327 e. The number of carbonyl (C=O) groups excluding carboxylic acids is 3. The minimum Gasteiger partial charge on any atom is -0.458 e. The molecule has 8 unspecified atom stereocenters. The van der Waals surface area contributed by atoms with Crippen LogP contribution in [0.3, 0.4) is 0 Å². The van der Waals surface area contributed by atoms with Gasteiger partial charge in [0.15, 0.2) is 6.04 Å². The van der Waals surface area contributed by atoms with Crippen molar-refractivity contribution in [1.82, 2.24) is 15.7 Å². The molecule has 48 heavy (non-hydrogen) atoms. The standard InChI is InChI=1S/C35H36IN3O9/c1-20(41)26(31(42)37-16-17-40)38-33(44)34-18-25-27-28(47-35(46-27,22-11-4-2-5-12-22)23-13-6-3-7-14-23)30(34)48-39(29(34)32(43)45-25)19-21-10-8-9-15-24(21)36/h2-15,20,25-30,40-41H,16-19H2,1H3,(H,37,42)(H,38,44). The summed E-state index contributed by atoms with van der Waals surface area (Å²) in [5.41, 5.74) is 0.712. The summed E-state index contributed by atoms with van der Waals surface area (Å²) in [6, 6.07) is 24.0. The molecule has 4 N–H and O–H groups in total. The topological polar surface area (TPSA) is 156 Å². The van der Waals surface area contributed by atoms with Crippen LogP contribution in [-0.4, -0.2) is 88.8 Å².